The number of esters is 1. The maximum Gasteiger partial charge on any atom is 0.417 e. The Morgan fingerprint density at radius 2 is 1.97 bits per heavy atom. The van der Waals surface area contributed by atoms with Crippen LogP contribution in [-0.4, -0.2) is 18.2 Å². The molecule has 0 saturated carbocycles. The summed E-state index contributed by atoms with van der Waals surface area (Å²) in [6.07, 6.45) is -3.98. The Labute approximate surface area is 177 Å². The number of rotatable bonds is 4. The van der Waals surface area contributed by atoms with Crippen molar-refractivity contribution in [3.63, 3.8) is 0 Å². The molecule has 6 nitrogen and oxygen atoms in total. The van der Waals surface area contributed by atoms with E-state index in [2.05, 4.69) is 10.6 Å². The Morgan fingerprint density at radius 1 is 1.23 bits per heavy atom. The molecule has 158 valence electrons. The molecule has 0 aliphatic carbocycles. The minimum Gasteiger partial charge on any atom is -0.465 e. The lowest BCUT2D eigenvalue weighted by molar-refractivity contribution is -0.136. The van der Waals surface area contributed by atoms with Crippen LogP contribution in [0.2, 0.25) is 0 Å². The predicted octanol–water partition coefficient (Wildman–Crippen LogP) is 5.03. The number of fused-ring (bicyclic) bond motifs is 1. The maximum atomic E-state index is 13.2. The molecule has 0 fully saturated rings. The Bertz CT molecular complexity index is 1180. The number of ether oxygens (including phenoxy) is 1. The number of carbonyl (C=O) groups is 1. The summed E-state index contributed by atoms with van der Waals surface area (Å²) in [5.41, 5.74) is -1.80. The largest absolute Gasteiger partial charge is 0.465 e. The van der Waals surface area contributed by atoms with Gasteiger partial charge < -0.3 is 19.8 Å². The molecule has 3 rings (SSSR count). The molecule has 0 atom stereocenters. The van der Waals surface area contributed by atoms with Crippen LogP contribution in [0, 0.1) is 0 Å². The summed E-state index contributed by atoms with van der Waals surface area (Å²) in [5.74, 6) is -0.525. The summed E-state index contributed by atoms with van der Waals surface area (Å²) in [6, 6.07) is 5.92. The normalized spacial score (nSPS) is 11.4. The topological polar surface area (TPSA) is 80.6 Å². The summed E-state index contributed by atoms with van der Waals surface area (Å²) in [4.78, 5) is 24.4. The maximum absolute atomic E-state index is 13.2. The standard InChI is InChI=1S/C19H15F3N2O4S2/c1-3-10-7-12(17(26)27-2)16(30-10)24-18(29)23-9-4-5-11-13(19(20,21)22)8-15(25)28-14(11)6-9/h4-8H,3H2,1-2H3,(H2,23,24,29). The molecule has 0 aliphatic heterocycles. The number of carbonyl (C=O) groups excluding carboxylic acids is 1. The lowest BCUT2D eigenvalue weighted by Gasteiger charge is -2.12. The van der Waals surface area contributed by atoms with E-state index in [9.17, 15) is 22.8 Å². The van der Waals surface area contributed by atoms with Crippen molar-refractivity contribution in [1.82, 2.24) is 0 Å². The van der Waals surface area contributed by atoms with Crippen LogP contribution in [-0.2, 0) is 17.3 Å². The van der Waals surface area contributed by atoms with Crippen LogP contribution in [0.15, 0.2) is 39.5 Å². The zero-order valence-corrected chi connectivity index (χ0v) is 17.3. The lowest BCUT2D eigenvalue weighted by Crippen LogP contribution is -2.20. The first-order chi connectivity index (χ1) is 14.1. The molecule has 0 aliphatic rings. The van der Waals surface area contributed by atoms with Gasteiger partial charge in [-0.15, -0.1) is 11.3 Å². The van der Waals surface area contributed by atoms with E-state index in [0.717, 1.165) is 4.88 Å². The highest BCUT2D eigenvalue weighted by Crippen LogP contribution is 2.34. The number of hydrogen-bond acceptors (Lipinski definition) is 6. The van der Waals surface area contributed by atoms with Crippen LogP contribution >= 0.6 is 23.6 Å². The van der Waals surface area contributed by atoms with Crippen molar-refractivity contribution in [2.45, 2.75) is 19.5 Å². The van der Waals surface area contributed by atoms with Crippen LogP contribution in [0.4, 0.5) is 23.9 Å². The van der Waals surface area contributed by atoms with E-state index < -0.39 is 23.3 Å². The summed E-state index contributed by atoms with van der Waals surface area (Å²) in [5, 5.41) is 6.02. The average Bonchev–Trinajstić information content (AvgIpc) is 3.08. The molecule has 0 bridgehead atoms. The van der Waals surface area contributed by atoms with Gasteiger partial charge in [-0.2, -0.15) is 13.2 Å². The SMILES string of the molecule is CCc1cc(C(=O)OC)c(NC(=S)Nc2ccc3c(C(F)(F)F)cc(=O)oc3c2)s1. The van der Waals surface area contributed by atoms with E-state index in [1.165, 1.54) is 36.6 Å². The number of halogens is 3. The van der Waals surface area contributed by atoms with Crippen LogP contribution < -0.4 is 16.3 Å². The zero-order valence-electron chi connectivity index (χ0n) is 15.7. The third-order valence-electron chi connectivity index (χ3n) is 4.07. The minimum absolute atomic E-state index is 0.0957. The molecular weight excluding hydrogens is 441 g/mol. The Balaban J connectivity index is 1.87. The Kier molecular flexibility index (Phi) is 6.13. The van der Waals surface area contributed by atoms with E-state index in [1.54, 1.807) is 6.07 Å². The van der Waals surface area contributed by atoms with Gasteiger partial charge in [-0.25, -0.2) is 9.59 Å². The van der Waals surface area contributed by atoms with Gasteiger partial charge in [-0.3, -0.25) is 0 Å². The molecule has 1 aromatic carbocycles. The highest BCUT2D eigenvalue weighted by atomic mass is 32.1. The summed E-state index contributed by atoms with van der Waals surface area (Å²) in [6.45, 7) is 1.94. The van der Waals surface area contributed by atoms with Crippen molar-refractivity contribution in [3.8, 4) is 0 Å². The van der Waals surface area contributed by atoms with Gasteiger partial charge in [0.25, 0.3) is 0 Å². The van der Waals surface area contributed by atoms with E-state index in [-0.39, 0.29) is 16.1 Å². The van der Waals surface area contributed by atoms with E-state index in [0.29, 0.717) is 28.7 Å². The second-order valence-electron chi connectivity index (χ2n) is 6.07. The van der Waals surface area contributed by atoms with Gasteiger partial charge in [0.1, 0.15) is 10.6 Å². The van der Waals surface area contributed by atoms with E-state index >= 15 is 0 Å². The van der Waals surface area contributed by atoms with Crippen molar-refractivity contribution in [1.29, 1.82) is 0 Å². The van der Waals surface area contributed by atoms with Gasteiger partial charge in [0.15, 0.2) is 5.11 Å². The fourth-order valence-electron chi connectivity index (χ4n) is 2.71. The van der Waals surface area contributed by atoms with Crippen molar-refractivity contribution >= 4 is 56.3 Å². The number of anilines is 2. The predicted molar refractivity (Wildman–Crippen MR) is 112 cm³/mol. The number of hydrogen-bond donors (Lipinski definition) is 2. The monoisotopic (exact) mass is 456 g/mol. The highest BCUT2D eigenvalue weighted by Gasteiger charge is 2.33. The number of nitrogens with one attached hydrogen (secondary N) is 2. The fourth-order valence-corrected chi connectivity index (χ4v) is 3.98. The molecule has 0 saturated heterocycles. The molecule has 0 spiro atoms. The quantitative estimate of drug-likeness (QED) is 0.324. The Morgan fingerprint density at radius 3 is 2.60 bits per heavy atom. The van der Waals surface area contributed by atoms with Crippen LogP contribution in [0.5, 0.6) is 0 Å². The van der Waals surface area contributed by atoms with Crippen molar-refractivity contribution in [3.05, 3.63) is 56.8 Å². The molecule has 2 N–H and O–H groups in total. The average molecular weight is 456 g/mol. The third kappa shape index (κ3) is 4.62. The first-order valence-electron chi connectivity index (χ1n) is 8.56. The van der Waals surface area contributed by atoms with Crippen molar-refractivity contribution in [2.24, 2.45) is 0 Å². The molecular formula is C19H15F3N2O4S2. The molecule has 0 amide bonds. The summed E-state index contributed by atoms with van der Waals surface area (Å²) < 4.78 is 49.1. The molecule has 0 radical (unpaired) electrons. The van der Waals surface area contributed by atoms with Crippen LogP contribution in [0.3, 0.4) is 0 Å². The fraction of sp³-hybridized carbons (Fsp3) is 0.211. The number of aryl methyl sites for hydroxylation is 1. The molecule has 3 aromatic rings. The lowest BCUT2D eigenvalue weighted by atomic mass is 10.1. The molecule has 2 heterocycles. The van der Waals surface area contributed by atoms with Gasteiger partial charge in [-0.05, 0) is 36.8 Å². The van der Waals surface area contributed by atoms with Gasteiger partial charge in [0.05, 0.1) is 18.2 Å². The number of alkyl halides is 3. The Hall–Kier alpha value is -2.92. The zero-order chi connectivity index (χ0) is 22.1. The number of thiocarbonyl (C=S) groups is 1. The van der Waals surface area contributed by atoms with Crippen LogP contribution in [0.1, 0.15) is 27.7 Å². The first-order valence-corrected chi connectivity index (χ1v) is 9.79. The van der Waals surface area contributed by atoms with Gasteiger partial charge >= 0.3 is 17.8 Å². The van der Waals surface area contributed by atoms with Crippen molar-refractivity contribution in [2.75, 3.05) is 17.7 Å². The number of benzene rings is 1. The summed E-state index contributed by atoms with van der Waals surface area (Å²) in [7, 11) is 1.27. The highest BCUT2D eigenvalue weighted by molar-refractivity contribution is 7.80. The van der Waals surface area contributed by atoms with Gasteiger partial charge in [-0.1, -0.05) is 6.92 Å². The molecule has 2 aromatic heterocycles. The van der Waals surface area contributed by atoms with E-state index in [4.69, 9.17) is 21.4 Å². The van der Waals surface area contributed by atoms with E-state index in [1.807, 2.05) is 6.92 Å². The van der Waals surface area contributed by atoms with Crippen molar-refractivity contribution < 1.29 is 27.1 Å². The smallest absolute Gasteiger partial charge is 0.417 e. The molecule has 30 heavy (non-hydrogen) atoms. The third-order valence-corrected chi connectivity index (χ3v) is 5.47. The summed E-state index contributed by atoms with van der Waals surface area (Å²) >= 11 is 6.57. The molecule has 0 unspecified atom stereocenters. The second-order valence-corrected chi connectivity index (χ2v) is 7.61. The number of thiophene rings is 1. The first kappa shape index (κ1) is 21.8. The minimum atomic E-state index is -4.69. The van der Waals surface area contributed by atoms with Crippen LogP contribution in [0.25, 0.3) is 11.0 Å². The van der Waals surface area contributed by atoms with Gasteiger partial charge in [0.2, 0.25) is 0 Å². The second kappa shape index (κ2) is 8.44. The number of methoxy groups -OCH3 is 1. The van der Waals surface area contributed by atoms with Gasteiger partial charge in [0, 0.05) is 28.1 Å². The molecule has 11 heteroatoms.